The lowest BCUT2D eigenvalue weighted by Gasteiger charge is -2.13. The van der Waals surface area contributed by atoms with Crippen molar-refractivity contribution >= 4 is 33.6 Å². The van der Waals surface area contributed by atoms with E-state index >= 15 is 0 Å². The molecule has 0 fully saturated rings. The van der Waals surface area contributed by atoms with Gasteiger partial charge in [0, 0.05) is 10.2 Å². The van der Waals surface area contributed by atoms with Gasteiger partial charge in [0.2, 0.25) is 0 Å². The second kappa shape index (κ2) is 10.3. The maximum absolute atomic E-state index is 12.5. The van der Waals surface area contributed by atoms with Crippen LogP contribution in [0.1, 0.15) is 11.1 Å². The first-order chi connectivity index (χ1) is 14.6. The molecule has 30 heavy (non-hydrogen) atoms. The molecule has 0 saturated carbocycles. The van der Waals surface area contributed by atoms with E-state index in [4.69, 9.17) is 9.47 Å². The van der Waals surface area contributed by atoms with Gasteiger partial charge in [0.05, 0.1) is 7.11 Å². The van der Waals surface area contributed by atoms with Gasteiger partial charge >= 0.3 is 0 Å². The highest BCUT2D eigenvalue weighted by atomic mass is 79.9. The molecule has 0 saturated heterocycles. The van der Waals surface area contributed by atoms with Gasteiger partial charge in [-0.1, -0.05) is 64.5 Å². The third kappa shape index (κ3) is 5.49. The predicted octanol–water partition coefficient (Wildman–Crippen LogP) is 5.58. The number of methoxy groups -OCH3 is 1. The fraction of sp³-hybridized carbons (Fsp3) is 0.0833. The summed E-state index contributed by atoms with van der Waals surface area (Å²) in [5.41, 5.74) is 2.24. The summed E-state index contributed by atoms with van der Waals surface area (Å²) in [5.74, 6) is 0.567. The highest BCUT2D eigenvalue weighted by Crippen LogP contribution is 2.35. The molecule has 0 aliphatic rings. The van der Waals surface area contributed by atoms with Gasteiger partial charge in [-0.05, 0) is 41.5 Å². The molecular formula is C24H19BrN2O3. The van der Waals surface area contributed by atoms with Crippen LogP contribution in [-0.4, -0.2) is 13.0 Å². The Hall–Kier alpha value is -3.56. The largest absolute Gasteiger partial charge is 0.493 e. The van der Waals surface area contributed by atoms with Crippen molar-refractivity contribution in [3.63, 3.8) is 0 Å². The molecule has 0 aliphatic heterocycles. The smallest absolute Gasteiger partial charge is 0.266 e. The second-order valence-corrected chi connectivity index (χ2v) is 7.14. The fourth-order valence-electron chi connectivity index (χ4n) is 2.69. The third-order valence-electron chi connectivity index (χ3n) is 4.22. The predicted molar refractivity (Wildman–Crippen MR) is 120 cm³/mol. The summed E-state index contributed by atoms with van der Waals surface area (Å²) in [4.78, 5) is 12.5. The van der Waals surface area contributed by atoms with Crippen LogP contribution in [-0.2, 0) is 11.4 Å². The SMILES string of the molecule is COc1cc(/C=C(\C#N)C(=O)Nc2ccccc2)c(Br)cc1OCc1ccccc1. The highest BCUT2D eigenvalue weighted by molar-refractivity contribution is 9.10. The van der Waals surface area contributed by atoms with Crippen molar-refractivity contribution in [2.45, 2.75) is 6.61 Å². The quantitative estimate of drug-likeness (QED) is 0.367. The Morgan fingerprint density at radius 1 is 1.07 bits per heavy atom. The standard InChI is InChI=1S/C24H19BrN2O3/c1-29-22-13-18(12-19(15-26)24(28)27-20-10-6-3-7-11-20)21(25)14-23(22)30-16-17-8-4-2-5-9-17/h2-14H,16H2,1H3,(H,27,28)/b19-12+. The summed E-state index contributed by atoms with van der Waals surface area (Å²) in [6.45, 7) is 0.391. The number of benzene rings is 3. The van der Waals surface area contributed by atoms with Crippen molar-refractivity contribution in [3.05, 3.63) is 94.0 Å². The Kier molecular flexibility index (Phi) is 7.25. The molecule has 150 valence electrons. The molecule has 0 aromatic heterocycles. The molecule has 0 aliphatic carbocycles. The third-order valence-corrected chi connectivity index (χ3v) is 4.90. The van der Waals surface area contributed by atoms with Crippen molar-refractivity contribution in [2.24, 2.45) is 0 Å². The van der Waals surface area contributed by atoms with E-state index < -0.39 is 5.91 Å². The van der Waals surface area contributed by atoms with Crippen molar-refractivity contribution in [3.8, 4) is 17.6 Å². The average Bonchev–Trinajstić information content (AvgIpc) is 2.78. The number of carbonyl (C=O) groups is 1. The van der Waals surface area contributed by atoms with E-state index in [0.29, 0.717) is 33.8 Å². The average molecular weight is 463 g/mol. The molecular weight excluding hydrogens is 444 g/mol. The molecule has 3 aromatic rings. The maximum Gasteiger partial charge on any atom is 0.266 e. The van der Waals surface area contributed by atoms with Gasteiger partial charge < -0.3 is 14.8 Å². The van der Waals surface area contributed by atoms with Crippen LogP contribution >= 0.6 is 15.9 Å². The first-order valence-electron chi connectivity index (χ1n) is 9.13. The van der Waals surface area contributed by atoms with Crippen LogP contribution in [0, 0.1) is 11.3 Å². The molecule has 0 heterocycles. The highest BCUT2D eigenvalue weighted by Gasteiger charge is 2.14. The monoisotopic (exact) mass is 462 g/mol. The Morgan fingerprint density at radius 3 is 2.37 bits per heavy atom. The van der Waals surface area contributed by atoms with Gasteiger partial charge in [-0.2, -0.15) is 5.26 Å². The summed E-state index contributed by atoms with van der Waals surface area (Å²) in [5, 5.41) is 12.2. The minimum atomic E-state index is -0.487. The lowest BCUT2D eigenvalue weighted by molar-refractivity contribution is -0.112. The summed E-state index contributed by atoms with van der Waals surface area (Å²) in [6.07, 6.45) is 1.51. The molecule has 0 unspecified atom stereocenters. The normalized spacial score (nSPS) is 10.8. The first-order valence-corrected chi connectivity index (χ1v) is 9.92. The molecule has 1 amide bonds. The number of ether oxygens (including phenoxy) is 2. The zero-order valence-corrected chi connectivity index (χ0v) is 17.8. The summed E-state index contributed by atoms with van der Waals surface area (Å²) >= 11 is 3.49. The lowest BCUT2D eigenvalue weighted by atomic mass is 10.1. The summed E-state index contributed by atoms with van der Waals surface area (Å²) in [6, 6.07) is 24.2. The van der Waals surface area contributed by atoms with Crippen LogP contribution in [0.2, 0.25) is 0 Å². The van der Waals surface area contributed by atoms with E-state index in [9.17, 15) is 10.1 Å². The summed E-state index contributed by atoms with van der Waals surface area (Å²) < 4.78 is 12.0. The van der Waals surface area contributed by atoms with Gasteiger partial charge in [0.25, 0.3) is 5.91 Å². The number of carbonyl (C=O) groups excluding carboxylic acids is 1. The van der Waals surface area contributed by atoms with Crippen LogP contribution in [0.4, 0.5) is 5.69 Å². The molecule has 1 N–H and O–H groups in total. The first kappa shape index (κ1) is 21.2. The zero-order chi connectivity index (χ0) is 21.3. The van der Waals surface area contributed by atoms with Crippen LogP contribution < -0.4 is 14.8 Å². The van der Waals surface area contributed by atoms with Gasteiger partial charge in [-0.25, -0.2) is 0 Å². The van der Waals surface area contributed by atoms with E-state index in [1.807, 2.05) is 42.5 Å². The maximum atomic E-state index is 12.5. The van der Waals surface area contributed by atoms with Crippen molar-refractivity contribution in [2.75, 3.05) is 12.4 Å². The Morgan fingerprint density at radius 2 is 1.73 bits per heavy atom. The molecule has 3 aromatic carbocycles. The van der Waals surface area contributed by atoms with Crippen molar-refractivity contribution < 1.29 is 14.3 Å². The molecule has 0 spiro atoms. The molecule has 5 nitrogen and oxygen atoms in total. The van der Waals surface area contributed by atoms with Crippen LogP contribution in [0.3, 0.4) is 0 Å². The van der Waals surface area contributed by atoms with Crippen LogP contribution in [0.15, 0.2) is 82.8 Å². The van der Waals surface area contributed by atoms with E-state index in [2.05, 4.69) is 21.2 Å². The number of para-hydroxylation sites is 1. The number of nitriles is 1. The summed E-state index contributed by atoms with van der Waals surface area (Å²) in [7, 11) is 1.54. The minimum absolute atomic E-state index is 0.0282. The number of amides is 1. The number of rotatable bonds is 7. The van der Waals surface area contributed by atoms with E-state index in [-0.39, 0.29) is 5.57 Å². The number of anilines is 1. The Balaban J connectivity index is 1.82. The molecule has 3 rings (SSSR count). The number of nitrogens with one attached hydrogen (secondary N) is 1. The molecule has 0 radical (unpaired) electrons. The topological polar surface area (TPSA) is 71.3 Å². The number of halogens is 1. The van der Waals surface area contributed by atoms with Gasteiger partial charge in [0.1, 0.15) is 18.2 Å². The zero-order valence-electron chi connectivity index (χ0n) is 16.3. The number of hydrogen-bond acceptors (Lipinski definition) is 4. The number of hydrogen-bond donors (Lipinski definition) is 1. The fourth-order valence-corrected chi connectivity index (χ4v) is 3.13. The van der Waals surface area contributed by atoms with E-state index in [1.54, 1.807) is 43.5 Å². The number of nitrogens with zero attached hydrogens (tertiary/aromatic N) is 1. The minimum Gasteiger partial charge on any atom is -0.493 e. The van der Waals surface area contributed by atoms with Crippen molar-refractivity contribution in [1.29, 1.82) is 5.26 Å². The van der Waals surface area contributed by atoms with Gasteiger partial charge in [0.15, 0.2) is 11.5 Å². The lowest BCUT2D eigenvalue weighted by Crippen LogP contribution is -2.13. The molecule has 6 heteroatoms. The van der Waals surface area contributed by atoms with Gasteiger partial charge in [-0.3, -0.25) is 4.79 Å². The molecule has 0 atom stereocenters. The Bertz CT molecular complexity index is 1090. The Labute approximate surface area is 183 Å². The van der Waals surface area contributed by atoms with Crippen LogP contribution in [0.25, 0.3) is 6.08 Å². The van der Waals surface area contributed by atoms with Crippen LogP contribution in [0.5, 0.6) is 11.5 Å². The second-order valence-electron chi connectivity index (χ2n) is 6.29. The molecule has 0 bridgehead atoms. The van der Waals surface area contributed by atoms with E-state index in [0.717, 1.165) is 5.56 Å². The van der Waals surface area contributed by atoms with E-state index in [1.165, 1.54) is 6.08 Å². The van der Waals surface area contributed by atoms with Crippen molar-refractivity contribution in [1.82, 2.24) is 0 Å². The van der Waals surface area contributed by atoms with Gasteiger partial charge in [-0.15, -0.1) is 0 Å².